The van der Waals surface area contributed by atoms with Crippen LogP contribution < -0.4 is 4.90 Å². The minimum Gasteiger partial charge on any atom is -0.465 e. The summed E-state index contributed by atoms with van der Waals surface area (Å²) < 4.78 is 6.91. The molecule has 3 rings (SSSR count). The Kier molecular flexibility index (Phi) is 5.64. The molecule has 1 aromatic heterocycles. The van der Waals surface area contributed by atoms with Crippen LogP contribution in [-0.2, 0) is 4.74 Å². The third kappa shape index (κ3) is 3.98. The molecular formula is C23H25N3O2. The van der Waals surface area contributed by atoms with Gasteiger partial charge in [-0.2, -0.15) is 0 Å². The van der Waals surface area contributed by atoms with Gasteiger partial charge >= 0.3 is 5.97 Å². The molecule has 2 aromatic carbocycles. The SMILES string of the molecule is COC(=O)c1ccc(-n2c(C)cc(C=Nc3ccc(N(C)C)cc3)c2C)cc1. The topological polar surface area (TPSA) is 46.8 Å². The summed E-state index contributed by atoms with van der Waals surface area (Å²) in [5.41, 5.74) is 6.86. The van der Waals surface area contributed by atoms with Gasteiger partial charge in [-0.05, 0) is 68.4 Å². The monoisotopic (exact) mass is 375 g/mol. The Labute approximate surface area is 165 Å². The fourth-order valence-electron chi connectivity index (χ4n) is 3.16. The summed E-state index contributed by atoms with van der Waals surface area (Å²) in [6, 6.07) is 17.6. The van der Waals surface area contributed by atoms with Gasteiger partial charge in [0.25, 0.3) is 0 Å². The van der Waals surface area contributed by atoms with E-state index < -0.39 is 0 Å². The van der Waals surface area contributed by atoms with Crippen LogP contribution in [-0.4, -0.2) is 38.0 Å². The average Bonchev–Trinajstić information content (AvgIpc) is 2.99. The van der Waals surface area contributed by atoms with E-state index in [9.17, 15) is 4.79 Å². The molecule has 5 nitrogen and oxygen atoms in total. The number of carbonyl (C=O) groups excluding carboxylic acids is 1. The molecule has 1 heterocycles. The van der Waals surface area contributed by atoms with Crippen LogP contribution in [0.2, 0.25) is 0 Å². The van der Waals surface area contributed by atoms with Crippen molar-refractivity contribution in [2.45, 2.75) is 13.8 Å². The highest BCUT2D eigenvalue weighted by atomic mass is 16.5. The predicted octanol–water partition coefficient (Wildman–Crippen LogP) is 4.70. The van der Waals surface area contributed by atoms with Crippen molar-refractivity contribution in [2.75, 3.05) is 26.1 Å². The van der Waals surface area contributed by atoms with E-state index in [-0.39, 0.29) is 5.97 Å². The Morgan fingerprint density at radius 2 is 1.68 bits per heavy atom. The highest BCUT2D eigenvalue weighted by Crippen LogP contribution is 2.22. The fourth-order valence-corrected chi connectivity index (χ4v) is 3.16. The van der Waals surface area contributed by atoms with E-state index in [1.807, 2.05) is 44.6 Å². The lowest BCUT2D eigenvalue weighted by atomic mass is 10.2. The second-order valence-corrected chi connectivity index (χ2v) is 6.87. The molecule has 0 saturated carbocycles. The van der Waals surface area contributed by atoms with E-state index in [2.05, 4.69) is 46.5 Å². The summed E-state index contributed by atoms with van der Waals surface area (Å²) in [5.74, 6) is -0.333. The first-order valence-electron chi connectivity index (χ1n) is 9.10. The van der Waals surface area contributed by atoms with E-state index in [0.29, 0.717) is 5.56 Å². The maximum absolute atomic E-state index is 11.6. The van der Waals surface area contributed by atoms with Gasteiger partial charge in [0.05, 0.1) is 18.4 Å². The second kappa shape index (κ2) is 8.13. The lowest BCUT2D eigenvalue weighted by Crippen LogP contribution is -2.07. The molecule has 0 aliphatic carbocycles. The van der Waals surface area contributed by atoms with E-state index >= 15 is 0 Å². The van der Waals surface area contributed by atoms with Crippen molar-refractivity contribution in [2.24, 2.45) is 4.99 Å². The van der Waals surface area contributed by atoms with Crippen molar-refractivity contribution in [3.63, 3.8) is 0 Å². The van der Waals surface area contributed by atoms with Gasteiger partial charge in [0.15, 0.2) is 0 Å². The van der Waals surface area contributed by atoms with Crippen molar-refractivity contribution in [1.29, 1.82) is 0 Å². The van der Waals surface area contributed by atoms with Crippen LogP contribution >= 0.6 is 0 Å². The number of hydrogen-bond acceptors (Lipinski definition) is 4. The van der Waals surface area contributed by atoms with Gasteiger partial charge in [-0.25, -0.2) is 4.79 Å². The lowest BCUT2D eigenvalue weighted by Gasteiger charge is -2.11. The predicted molar refractivity (Wildman–Crippen MR) is 115 cm³/mol. The Balaban J connectivity index is 1.86. The first-order chi connectivity index (χ1) is 13.4. The molecule has 0 saturated heterocycles. The number of nitrogens with zero attached hydrogens (tertiary/aromatic N) is 3. The van der Waals surface area contributed by atoms with Crippen molar-refractivity contribution < 1.29 is 9.53 Å². The van der Waals surface area contributed by atoms with Crippen LogP contribution in [0.5, 0.6) is 0 Å². The highest BCUT2D eigenvalue weighted by molar-refractivity contribution is 5.89. The zero-order valence-corrected chi connectivity index (χ0v) is 16.9. The Morgan fingerprint density at radius 1 is 1.04 bits per heavy atom. The lowest BCUT2D eigenvalue weighted by molar-refractivity contribution is 0.0601. The van der Waals surface area contributed by atoms with Crippen molar-refractivity contribution in [3.8, 4) is 5.69 Å². The van der Waals surface area contributed by atoms with Crippen LogP contribution in [0.15, 0.2) is 59.6 Å². The molecule has 5 heteroatoms. The number of aliphatic imine (C=N–C) groups is 1. The number of ether oxygens (including phenoxy) is 1. The van der Waals surface area contributed by atoms with Gasteiger partial charge in [-0.1, -0.05) is 0 Å². The molecule has 0 fully saturated rings. The van der Waals surface area contributed by atoms with Gasteiger partial charge in [0.1, 0.15) is 0 Å². The van der Waals surface area contributed by atoms with Crippen LogP contribution in [0.4, 0.5) is 11.4 Å². The molecule has 144 valence electrons. The zero-order chi connectivity index (χ0) is 20.3. The third-order valence-electron chi connectivity index (χ3n) is 4.74. The number of rotatable bonds is 5. The minimum absolute atomic E-state index is 0.333. The van der Waals surface area contributed by atoms with Crippen molar-refractivity contribution in [3.05, 3.63) is 77.1 Å². The molecular weight excluding hydrogens is 350 g/mol. The zero-order valence-electron chi connectivity index (χ0n) is 16.9. The Bertz CT molecular complexity index is 998. The van der Waals surface area contributed by atoms with E-state index in [0.717, 1.165) is 34.0 Å². The Morgan fingerprint density at radius 3 is 2.25 bits per heavy atom. The molecule has 28 heavy (non-hydrogen) atoms. The molecule has 0 aliphatic heterocycles. The summed E-state index contributed by atoms with van der Waals surface area (Å²) >= 11 is 0. The van der Waals surface area contributed by atoms with Gasteiger partial charge in [-0.3, -0.25) is 4.99 Å². The number of carbonyl (C=O) groups is 1. The standard InChI is InChI=1S/C23H25N3O2/c1-16-14-19(15-24-20-8-12-21(13-9-20)25(3)4)17(2)26(16)22-10-6-18(7-11-22)23(27)28-5/h6-15H,1-5H3. The van der Waals surface area contributed by atoms with Gasteiger partial charge in [-0.15, -0.1) is 0 Å². The van der Waals surface area contributed by atoms with Gasteiger partial charge in [0.2, 0.25) is 0 Å². The molecule has 0 aliphatic rings. The second-order valence-electron chi connectivity index (χ2n) is 6.87. The molecule has 3 aromatic rings. The molecule has 0 amide bonds. The normalized spacial score (nSPS) is 11.0. The van der Waals surface area contributed by atoms with Crippen LogP contribution in [0.3, 0.4) is 0 Å². The summed E-state index contributed by atoms with van der Waals surface area (Å²) in [4.78, 5) is 18.3. The third-order valence-corrected chi connectivity index (χ3v) is 4.74. The number of benzene rings is 2. The molecule has 0 radical (unpaired) electrons. The van der Waals surface area contributed by atoms with Crippen molar-refractivity contribution in [1.82, 2.24) is 4.57 Å². The smallest absolute Gasteiger partial charge is 0.337 e. The van der Waals surface area contributed by atoms with Crippen molar-refractivity contribution >= 4 is 23.6 Å². The summed E-state index contributed by atoms with van der Waals surface area (Å²) in [5, 5.41) is 0. The van der Waals surface area contributed by atoms with E-state index in [1.54, 1.807) is 12.1 Å². The Hall–Kier alpha value is -3.34. The number of aromatic nitrogens is 1. The molecule has 0 bridgehead atoms. The number of anilines is 1. The van der Waals surface area contributed by atoms with E-state index in [4.69, 9.17) is 4.74 Å². The molecule has 0 N–H and O–H groups in total. The number of esters is 1. The maximum atomic E-state index is 11.6. The minimum atomic E-state index is -0.333. The molecule has 0 atom stereocenters. The van der Waals surface area contributed by atoms with E-state index in [1.165, 1.54) is 7.11 Å². The largest absolute Gasteiger partial charge is 0.465 e. The van der Waals surface area contributed by atoms with Gasteiger partial charge < -0.3 is 14.2 Å². The summed E-state index contributed by atoms with van der Waals surface area (Å²) in [6.45, 7) is 4.13. The van der Waals surface area contributed by atoms with Crippen LogP contribution in [0, 0.1) is 13.8 Å². The molecule has 0 spiro atoms. The highest BCUT2D eigenvalue weighted by Gasteiger charge is 2.11. The number of aryl methyl sites for hydroxylation is 1. The van der Waals surface area contributed by atoms with Gasteiger partial charge in [0, 0.05) is 48.6 Å². The molecule has 0 unspecified atom stereocenters. The van der Waals surface area contributed by atoms with Crippen LogP contribution in [0.25, 0.3) is 5.69 Å². The summed E-state index contributed by atoms with van der Waals surface area (Å²) in [7, 11) is 5.42. The quantitative estimate of drug-likeness (QED) is 0.480. The maximum Gasteiger partial charge on any atom is 0.337 e. The number of methoxy groups -OCH3 is 1. The fraction of sp³-hybridized carbons (Fsp3) is 0.217. The average molecular weight is 375 g/mol. The first-order valence-corrected chi connectivity index (χ1v) is 9.10. The number of hydrogen-bond donors (Lipinski definition) is 0. The first kappa shape index (κ1) is 19.4. The summed E-state index contributed by atoms with van der Waals surface area (Å²) in [6.07, 6.45) is 1.90. The van der Waals surface area contributed by atoms with Crippen LogP contribution in [0.1, 0.15) is 27.3 Å².